The Morgan fingerprint density at radius 3 is 2.78 bits per heavy atom. The third-order valence-electron chi connectivity index (χ3n) is 3.43. The van der Waals surface area contributed by atoms with Gasteiger partial charge in [-0.15, -0.1) is 0 Å². The molecule has 98 valence electrons. The first-order valence-corrected chi connectivity index (χ1v) is 6.55. The first-order valence-electron chi connectivity index (χ1n) is 6.17. The zero-order chi connectivity index (χ0) is 13.3. The first-order chi connectivity index (χ1) is 8.39. The summed E-state index contributed by atoms with van der Waals surface area (Å²) in [5.41, 5.74) is 1.30. The third kappa shape index (κ3) is 2.78. The lowest BCUT2D eigenvalue weighted by molar-refractivity contribution is 0.0697. The number of benzene rings is 1. The molecule has 1 aliphatic rings. The van der Waals surface area contributed by atoms with Crippen molar-refractivity contribution in [2.45, 2.75) is 26.7 Å². The highest BCUT2D eigenvalue weighted by Crippen LogP contribution is 2.33. The molecule has 0 bridgehead atoms. The maximum absolute atomic E-state index is 11.3. The highest BCUT2D eigenvalue weighted by atomic mass is 35.5. The number of rotatable bonds is 2. The number of piperidine rings is 1. The second-order valence-corrected chi connectivity index (χ2v) is 6.09. The summed E-state index contributed by atoms with van der Waals surface area (Å²) in [6.45, 7) is 6.23. The highest BCUT2D eigenvalue weighted by molar-refractivity contribution is 6.31. The lowest BCUT2D eigenvalue weighted by Gasteiger charge is -2.40. The van der Waals surface area contributed by atoms with Crippen LogP contribution >= 0.6 is 11.6 Å². The van der Waals surface area contributed by atoms with Crippen molar-refractivity contribution in [2.24, 2.45) is 5.41 Å². The molecular formula is C14H18ClNO2. The molecule has 1 aromatic rings. The van der Waals surface area contributed by atoms with Crippen LogP contribution in [0.3, 0.4) is 0 Å². The van der Waals surface area contributed by atoms with Gasteiger partial charge in [-0.25, -0.2) is 4.79 Å². The Balaban J connectivity index is 2.35. The van der Waals surface area contributed by atoms with E-state index in [1.165, 1.54) is 12.5 Å². The van der Waals surface area contributed by atoms with Crippen LogP contribution in [-0.4, -0.2) is 24.2 Å². The number of halogens is 1. The van der Waals surface area contributed by atoms with Crippen LogP contribution in [0.5, 0.6) is 0 Å². The largest absolute Gasteiger partial charge is 0.478 e. The van der Waals surface area contributed by atoms with E-state index in [0.29, 0.717) is 10.6 Å². The molecule has 0 aromatic heterocycles. The number of anilines is 1. The summed E-state index contributed by atoms with van der Waals surface area (Å²) in [6.07, 6.45) is 2.27. The molecule has 0 spiro atoms. The number of aromatic carboxylic acids is 1. The summed E-state index contributed by atoms with van der Waals surface area (Å²) >= 11 is 5.87. The summed E-state index contributed by atoms with van der Waals surface area (Å²) < 4.78 is 0. The molecule has 0 aliphatic carbocycles. The Morgan fingerprint density at radius 1 is 1.44 bits per heavy atom. The van der Waals surface area contributed by atoms with Crippen LogP contribution in [0, 0.1) is 5.41 Å². The molecule has 1 saturated heterocycles. The van der Waals surface area contributed by atoms with Crippen molar-refractivity contribution in [3.63, 3.8) is 0 Å². The SMILES string of the molecule is CC1(C)CCCN(c2ccc(Cl)cc2C(=O)O)C1. The number of hydrogen-bond acceptors (Lipinski definition) is 2. The van der Waals surface area contributed by atoms with Crippen LogP contribution in [0.1, 0.15) is 37.0 Å². The van der Waals surface area contributed by atoms with E-state index >= 15 is 0 Å². The van der Waals surface area contributed by atoms with Crippen LogP contribution in [0.4, 0.5) is 5.69 Å². The lowest BCUT2D eigenvalue weighted by atomic mass is 9.84. The minimum absolute atomic E-state index is 0.230. The smallest absolute Gasteiger partial charge is 0.337 e. The molecule has 1 aliphatic heterocycles. The zero-order valence-corrected chi connectivity index (χ0v) is 11.5. The molecular weight excluding hydrogens is 250 g/mol. The lowest BCUT2D eigenvalue weighted by Crippen LogP contribution is -2.40. The van der Waals surface area contributed by atoms with Gasteiger partial charge in [0.1, 0.15) is 0 Å². The standard InChI is InChI=1S/C14H18ClNO2/c1-14(2)6-3-7-16(9-14)12-5-4-10(15)8-11(12)13(17)18/h4-5,8H,3,6-7,9H2,1-2H3,(H,17,18). The fraction of sp³-hybridized carbons (Fsp3) is 0.500. The van der Waals surface area contributed by atoms with Crippen molar-refractivity contribution in [3.05, 3.63) is 28.8 Å². The normalized spacial score (nSPS) is 18.7. The Hall–Kier alpha value is -1.22. The summed E-state index contributed by atoms with van der Waals surface area (Å²) in [6, 6.07) is 5.10. The average Bonchev–Trinajstić information content (AvgIpc) is 2.27. The molecule has 0 radical (unpaired) electrons. The maximum Gasteiger partial charge on any atom is 0.337 e. The first kappa shape index (κ1) is 13.2. The topological polar surface area (TPSA) is 40.5 Å². The quantitative estimate of drug-likeness (QED) is 0.889. The number of nitrogens with zero attached hydrogens (tertiary/aromatic N) is 1. The maximum atomic E-state index is 11.3. The molecule has 1 fully saturated rings. The van der Waals surface area contributed by atoms with E-state index in [1.54, 1.807) is 6.07 Å². The molecule has 0 unspecified atom stereocenters. The van der Waals surface area contributed by atoms with Gasteiger partial charge in [-0.2, -0.15) is 0 Å². The fourth-order valence-electron chi connectivity index (χ4n) is 2.58. The minimum Gasteiger partial charge on any atom is -0.478 e. The van der Waals surface area contributed by atoms with Crippen LogP contribution in [0.25, 0.3) is 0 Å². The fourth-order valence-corrected chi connectivity index (χ4v) is 2.76. The Bertz CT molecular complexity index is 471. The Morgan fingerprint density at radius 2 is 2.17 bits per heavy atom. The van der Waals surface area contributed by atoms with Gasteiger partial charge in [0.15, 0.2) is 0 Å². The van der Waals surface area contributed by atoms with Gasteiger partial charge in [-0.05, 0) is 36.5 Å². The number of carboxylic acid groups (broad SMARTS) is 1. The van der Waals surface area contributed by atoms with Crippen LogP contribution in [-0.2, 0) is 0 Å². The molecule has 4 heteroatoms. The van der Waals surface area contributed by atoms with Crippen LogP contribution in [0.2, 0.25) is 5.02 Å². The van der Waals surface area contributed by atoms with Gasteiger partial charge in [0.2, 0.25) is 0 Å². The van der Waals surface area contributed by atoms with Gasteiger partial charge in [0, 0.05) is 18.1 Å². The molecule has 18 heavy (non-hydrogen) atoms. The average molecular weight is 268 g/mol. The molecule has 1 aromatic carbocycles. The van der Waals surface area contributed by atoms with Gasteiger partial charge in [0.25, 0.3) is 0 Å². The predicted molar refractivity (Wildman–Crippen MR) is 73.6 cm³/mol. The number of hydrogen-bond donors (Lipinski definition) is 1. The van der Waals surface area contributed by atoms with E-state index in [2.05, 4.69) is 18.7 Å². The van der Waals surface area contributed by atoms with Crippen molar-refractivity contribution in [1.29, 1.82) is 0 Å². The van der Waals surface area contributed by atoms with Crippen LogP contribution < -0.4 is 4.90 Å². The number of carboxylic acids is 1. The molecule has 0 atom stereocenters. The highest BCUT2D eigenvalue weighted by Gasteiger charge is 2.28. The van der Waals surface area contributed by atoms with Gasteiger partial charge in [-0.3, -0.25) is 0 Å². The Labute approximate surface area is 112 Å². The van der Waals surface area contributed by atoms with Gasteiger partial charge in [0.05, 0.1) is 11.3 Å². The van der Waals surface area contributed by atoms with Crippen molar-refractivity contribution >= 4 is 23.3 Å². The zero-order valence-electron chi connectivity index (χ0n) is 10.7. The number of carbonyl (C=O) groups is 1. The monoisotopic (exact) mass is 267 g/mol. The van der Waals surface area contributed by atoms with Crippen molar-refractivity contribution in [1.82, 2.24) is 0 Å². The van der Waals surface area contributed by atoms with Gasteiger partial charge < -0.3 is 10.0 Å². The summed E-state index contributed by atoms with van der Waals surface area (Å²) in [5.74, 6) is -0.920. The predicted octanol–water partition coefficient (Wildman–Crippen LogP) is 3.66. The summed E-state index contributed by atoms with van der Waals surface area (Å²) in [7, 11) is 0. The second kappa shape index (κ2) is 4.81. The van der Waals surface area contributed by atoms with Crippen LogP contribution in [0.15, 0.2) is 18.2 Å². The van der Waals surface area contributed by atoms with E-state index in [4.69, 9.17) is 11.6 Å². The molecule has 0 saturated carbocycles. The van der Waals surface area contributed by atoms with Crippen molar-refractivity contribution in [3.8, 4) is 0 Å². The summed E-state index contributed by atoms with van der Waals surface area (Å²) in [5, 5.41) is 9.73. The third-order valence-corrected chi connectivity index (χ3v) is 3.67. The van der Waals surface area contributed by atoms with E-state index < -0.39 is 5.97 Å². The van der Waals surface area contributed by atoms with Crippen molar-refractivity contribution < 1.29 is 9.90 Å². The van der Waals surface area contributed by atoms with Gasteiger partial charge >= 0.3 is 5.97 Å². The van der Waals surface area contributed by atoms with Gasteiger partial charge in [-0.1, -0.05) is 25.4 Å². The van der Waals surface area contributed by atoms with E-state index in [1.807, 2.05) is 6.07 Å². The Kier molecular flexibility index (Phi) is 3.53. The van der Waals surface area contributed by atoms with E-state index in [0.717, 1.165) is 25.2 Å². The van der Waals surface area contributed by atoms with Crippen molar-refractivity contribution in [2.75, 3.05) is 18.0 Å². The molecule has 0 amide bonds. The van der Waals surface area contributed by atoms with E-state index in [9.17, 15) is 9.90 Å². The second-order valence-electron chi connectivity index (χ2n) is 5.66. The molecule has 3 nitrogen and oxygen atoms in total. The summed E-state index contributed by atoms with van der Waals surface area (Å²) in [4.78, 5) is 13.4. The molecule has 2 rings (SSSR count). The molecule has 1 N–H and O–H groups in total. The van der Waals surface area contributed by atoms with E-state index in [-0.39, 0.29) is 5.41 Å². The molecule has 1 heterocycles. The minimum atomic E-state index is -0.920.